The molecular formula is C22H34N2O3S. The van der Waals surface area contributed by atoms with E-state index in [9.17, 15) is 13.5 Å². The topological polar surface area (TPSA) is 78.8 Å². The summed E-state index contributed by atoms with van der Waals surface area (Å²) in [5, 5.41) is 16.0. The van der Waals surface area contributed by atoms with Crippen molar-refractivity contribution in [3.63, 3.8) is 0 Å². The highest BCUT2D eigenvalue weighted by Gasteiger charge is 2.54. The van der Waals surface area contributed by atoms with Crippen molar-refractivity contribution in [1.29, 1.82) is 0 Å². The number of fused-ring (bicyclic) bond motifs is 1. The molecule has 156 valence electrons. The Labute approximate surface area is 169 Å². The molecule has 0 radical (unpaired) electrons. The van der Waals surface area contributed by atoms with Gasteiger partial charge in [-0.05, 0) is 68.4 Å². The third kappa shape index (κ3) is 3.86. The van der Waals surface area contributed by atoms with Gasteiger partial charge in [0, 0.05) is 11.6 Å². The molecule has 0 aromatic heterocycles. The Balaban J connectivity index is 1.96. The third-order valence-corrected chi connectivity index (χ3v) is 8.26. The zero-order valence-corrected chi connectivity index (χ0v) is 18.5. The Morgan fingerprint density at radius 1 is 1.14 bits per heavy atom. The number of hydrazone groups is 1. The van der Waals surface area contributed by atoms with Gasteiger partial charge < -0.3 is 5.11 Å². The molecule has 6 heteroatoms. The molecule has 2 N–H and O–H groups in total. The third-order valence-electron chi connectivity index (χ3n) is 7.04. The van der Waals surface area contributed by atoms with Crippen molar-refractivity contribution >= 4 is 15.7 Å². The molecule has 0 saturated heterocycles. The standard InChI is InChI=1S/C22H34N2O3S/c1-14(2)19-11-8-17(5)22(25)13-12-16(4)21(20(19)22)23-24-28(26,27)18-9-6-15(3)7-10-18/h6-7,9-10,14,16-17,19-20,24-25H,8,11-13H2,1-5H3/b23-21-/t16-,17-,19+,20+,22+/m1/s1. The molecule has 5 nitrogen and oxygen atoms in total. The predicted molar refractivity (Wildman–Crippen MR) is 112 cm³/mol. The average molecular weight is 407 g/mol. The fourth-order valence-electron chi connectivity index (χ4n) is 5.10. The fourth-order valence-corrected chi connectivity index (χ4v) is 5.92. The Bertz CT molecular complexity index is 832. The van der Waals surface area contributed by atoms with E-state index in [-0.39, 0.29) is 22.6 Å². The molecule has 5 atom stereocenters. The van der Waals surface area contributed by atoms with Crippen LogP contribution < -0.4 is 4.83 Å². The van der Waals surface area contributed by atoms with Crippen LogP contribution in [0.5, 0.6) is 0 Å². The van der Waals surface area contributed by atoms with Gasteiger partial charge >= 0.3 is 0 Å². The van der Waals surface area contributed by atoms with Gasteiger partial charge in [-0.1, -0.05) is 45.4 Å². The maximum Gasteiger partial charge on any atom is 0.276 e. The van der Waals surface area contributed by atoms with E-state index < -0.39 is 15.6 Å². The van der Waals surface area contributed by atoms with Crippen LogP contribution in [-0.2, 0) is 10.0 Å². The summed E-state index contributed by atoms with van der Waals surface area (Å²) in [5.74, 6) is 0.969. The molecule has 2 fully saturated rings. The second kappa shape index (κ2) is 7.79. The van der Waals surface area contributed by atoms with Gasteiger partial charge in [-0.25, -0.2) is 4.83 Å². The molecule has 0 heterocycles. The van der Waals surface area contributed by atoms with Gasteiger partial charge in [0.25, 0.3) is 10.0 Å². The number of sulfonamides is 1. The van der Waals surface area contributed by atoms with Crippen molar-refractivity contribution in [2.75, 3.05) is 0 Å². The molecule has 1 aromatic rings. The number of benzene rings is 1. The summed E-state index contributed by atoms with van der Waals surface area (Å²) in [6.07, 6.45) is 3.63. The minimum Gasteiger partial charge on any atom is -0.389 e. The smallest absolute Gasteiger partial charge is 0.276 e. The largest absolute Gasteiger partial charge is 0.389 e. The minimum absolute atomic E-state index is 0.0966. The molecule has 2 aliphatic carbocycles. The second-order valence-corrected chi connectivity index (χ2v) is 10.9. The van der Waals surface area contributed by atoms with Crippen LogP contribution in [0.4, 0.5) is 0 Å². The van der Waals surface area contributed by atoms with Gasteiger partial charge in [0.2, 0.25) is 0 Å². The molecule has 0 spiro atoms. The molecule has 0 aliphatic heterocycles. The maximum atomic E-state index is 12.7. The highest BCUT2D eigenvalue weighted by atomic mass is 32.2. The molecule has 0 amide bonds. The first-order valence-corrected chi connectivity index (χ1v) is 11.9. The van der Waals surface area contributed by atoms with Crippen molar-refractivity contribution in [2.45, 2.75) is 70.8 Å². The predicted octanol–water partition coefficient (Wildman–Crippen LogP) is 4.11. The number of nitrogens with one attached hydrogen (secondary N) is 1. The number of aliphatic hydroxyl groups is 1. The van der Waals surface area contributed by atoms with E-state index in [0.717, 1.165) is 37.0 Å². The van der Waals surface area contributed by atoms with Crippen molar-refractivity contribution in [1.82, 2.24) is 4.83 Å². The highest BCUT2D eigenvalue weighted by Crippen LogP contribution is 2.51. The van der Waals surface area contributed by atoms with E-state index in [4.69, 9.17) is 0 Å². The lowest BCUT2D eigenvalue weighted by Gasteiger charge is -2.54. The lowest BCUT2D eigenvalue weighted by atomic mass is 9.54. The molecule has 28 heavy (non-hydrogen) atoms. The first kappa shape index (κ1) is 21.3. The molecular weight excluding hydrogens is 372 g/mol. The van der Waals surface area contributed by atoms with Crippen LogP contribution >= 0.6 is 0 Å². The zero-order chi connectivity index (χ0) is 20.7. The average Bonchev–Trinajstić information content (AvgIpc) is 2.63. The number of nitrogens with zero attached hydrogens (tertiary/aromatic N) is 1. The lowest BCUT2D eigenvalue weighted by Crippen LogP contribution is -2.59. The van der Waals surface area contributed by atoms with Gasteiger partial charge in [0.05, 0.1) is 10.5 Å². The monoisotopic (exact) mass is 406 g/mol. The van der Waals surface area contributed by atoms with E-state index in [0.29, 0.717) is 11.8 Å². The van der Waals surface area contributed by atoms with E-state index in [1.165, 1.54) is 0 Å². The van der Waals surface area contributed by atoms with Crippen molar-refractivity contribution in [3.8, 4) is 0 Å². The Kier molecular flexibility index (Phi) is 5.93. The van der Waals surface area contributed by atoms with Crippen LogP contribution in [0.2, 0.25) is 0 Å². The van der Waals surface area contributed by atoms with E-state index in [2.05, 4.69) is 37.6 Å². The SMILES string of the molecule is Cc1ccc(S(=O)(=O)N/N=C2/[C@H](C)CC[C@]3(O)[C@H](C)CC[C@@H](C(C)C)[C@@H]23)cc1. The molecule has 1 aromatic carbocycles. The fraction of sp³-hybridized carbons (Fsp3) is 0.682. The number of aryl methyl sites for hydroxylation is 1. The molecule has 0 unspecified atom stereocenters. The Morgan fingerprint density at radius 3 is 2.39 bits per heavy atom. The maximum absolute atomic E-state index is 12.7. The second-order valence-electron chi connectivity index (χ2n) is 9.24. The van der Waals surface area contributed by atoms with Crippen LogP contribution in [0.1, 0.15) is 58.9 Å². The summed E-state index contributed by atoms with van der Waals surface area (Å²) in [6.45, 7) is 10.5. The summed E-state index contributed by atoms with van der Waals surface area (Å²) in [6, 6.07) is 6.75. The summed E-state index contributed by atoms with van der Waals surface area (Å²) in [7, 11) is -3.73. The van der Waals surface area contributed by atoms with Gasteiger partial charge in [-0.15, -0.1) is 0 Å². The highest BCUT2D eigenvalue weighted by molar-refractivity contribution is 7.89. The minimum atomic E-state index is -3.73. The zero-order valence-electron chi connectivity index (χ0n) is 17.6. The first-order chi connectivity index (χ1) is 13.1. The summed E-state index contributed by atoms with van der Waals surface area (Å²) < 4.78 is 25.5. The number of rotatable bonds is 4. The molecule has 0 bridgehead atoms. The first-order valence-electron chi connectivity index (χ1n) is 10.4. The van der Waals surface area contributed by atoms with Crippen LogP contribution in [-0.4, -0.2) is 24.8 Å². The van der Waals surface area contributed by atoms with E-state index in [1.54, 1.807) is 24.3 Å². The molecule has 2 saturated carbocycles. The van der Waals surface area contributed by atoms with Gasteiger partial charge in [0.15, 0.2) is 0 Å². The van der Waals surface area contributed by atoms with Crippen LogP contribution in [0.3, 0.4) is 0 Å². The van der Waals surface area contributed by atoms with Crippen molar-refractivity contribution in [3.05, 3.63) is 29.8 Å². The summed E-state index contributed by atoms with van der Waals surface area (Å²) in [4.78, 5) is 2.68. The Morgan fingerprint density at radius 2 is 1.79 bits per heavy atom. The van der Waals surface area contributed by atoms with E-state index in [1.807, 2.05) is 6.92 Å². The van der Waals surface area contributed by atoms with Gasteiger partial charge in [-0.3, -0.25) is 0 Å². The van der Waals surface area contributed by atoms with Crippen LogP contribution in [0.25, 0.3) is 0 Å². The Hall–Kier alpha value is -1.40. The van der Waals surface area contributed by atoms with Crippen molar-refractivity contribution < 1.29 is 13.5 Å². The quantitative estimate of drug-likeness (QED) is 0.739. The summed E-state index contributed by atoms with van der Waals surface area (Å²) >= 11 is 0. The normalized spacial score (nSPS) is 35.0. The van der Waals surface area contributed by atoms with Crippen molar-refractivity contribution in [2.24, 2.45) is 34.7 Å². The lowest BCUT2D eigenvalue weighted by molar-refractivity contribution is -0.111. The molecule has 2 aliphatic rings. The van der Waals surface area contributed by atoms with Crippen LogP contribution in [0.15, 0.2) is 34.3 Å². The molecule has 3 rings (SSSR count). The number of hydrogen-bond acceptors (Lipinski definition) is 4. The van der Waals surface area contributed by atoms with Gasteiger partial charge in [-0.2, -0.15) is 13.5 Å². The van der Waals surface area contributed by atoms with E-state index >= 15 is 0 Å². The van der Waals surface area contributed by atoms with Gasteiger partial charge in [0.1, 0.15) is 0 Å². The number of hydrogen-bond donors (Lipinski definition) is 2. The van der Waals surface area contributed by atoms with Crippen LogP contribution in [0, 0.1) is 36.5 Å². The summed E-state index contributed by atoms with van der Waals surface area (Å²) in [5.41, 5.74) is 1.02.